The normalized spacial score (nSPS) is 16.1. The average Bonchev–Trinajstić information content (AvgIpc) is 2.82. The number of piperazine rings is 1. The molecule has 0 unspecified atom stereocenters. The van der Waals surface area contributed by atoms with Gasteiger partial charge in [-0.1, -0.05) is 0 Å². The van der Waals surface area contributed by atoms with E-state index in [1.807, 2.05) is 24.0 Å². The Morgan fingerprint density at radius 1 is 1.30 bits per heavy atom. The first-order valence-corrected chi connectivity index (χ1v) is 7.38. The van der Waals surface area contributed by atoms with Crippen molar-refractivity contribution < 1.29 is 14.7 Å². The van der Waals surface area contributed by atoms with E-state index >= 15 is 0 Å². The Morgan fingerprint density at radius 3 is 2.55 bits per heavy atom. The van der Waals surface area contributed by atoms with E-state index in [2.05, 4.69) is 5.32 Å². The lowest BCUT2D eigenvalue weighted by Gasteiger charge is -2.33. The van der Waals surface area contributed by atoms with Crippen LogP contribution < -0.4 is 5.32 Å². The fraction of sp³-hybridized carbons (Fsp3) is 0.538. The summed E-state index contributed by atoms with van der Waals surface area (Å²) in [5, 5.41) is 11.6. The van der Waals surface area contributed by atoms with Crippen LogP contribution in [-0.4, -0.2) is 59.6 Å². The number of hydrogen-bond acceptors (Lipinski definition) is 4. The summed E-state index contributed by atoms with van der Waals surface area (Å²) in [6, 6.07) is 3.98. The molecule has 1 aliphatic rings. The SMILES string of the molecule is Cc1ccc(CNC(=O)N2CCN(CC(=O)O)CC2)s1. The maximum Gasteiger partial charge on any atom is 0.317 e. The van der Waals surface area contributed by atoms with E-state index in [-0.39, 0.29) is 12.6 Å². The molecule has 2 rings (SSSR count). The van der Waals surface area contributed by atoms with E-state index in [0.29, 0.717) is 32.7 Å². The number of carbonyl (C=O) groups is 2. The Labute approximate surface area is 122 Å². The number of rotatable bonds is 4. The minimum Gasteiger partial charge on any atom is -0.480 e. The van der Waals surface area contributed by atoms with E-state index in [0.717, 1.165) is 4.88 Å². The second kappa shape index (κ2) is 6.71. The molecule has 2 N–H and O–H groups in total. The number of nitrogens with one attached hydrogen (secondary N) is 1. The molecular weight excluding hydrogens is 278 g/mol. The molecule has 0 bridgehead atoms. The number of amides is 2. The van der Waals surface area contributed by atoms with Crippen molar-refractivity contribution in [3.05, 3.63) is 21.9 Å². The zero-order valence-electron chi connectivity index (χ0n) is 11.5. The molecule has 1 saturated heterocycles. The maximum atomic E-state index is 12.0. The summed E-state index contributed by atoms with van der Waals surface area (Å²) in [5.41, 5.74) is 0. The molecule has 7 heteroatoms. The highest BCUT2D eigenvalue weighted by Crippen LogP contribution is 2.14. The quantitative estimate of drug-likeness (QED) is 0.868. The Hall–Kier alpha value is -1.60. The highest BCUT2D eigenvalue weighted by molar-refractivity contribution is 7.11. The van der Waals surface area contributed by atoms with E-state index in [4.69, 9.17) is 5.11 Å². The van der Waals surface area contributed by atoms with Gasteiger partial charge in [0, 0.05) is 35.9 Å². The van der Waals surface area contributed by atoms with E-state index < -0.39 is 5.97 Å². The molecule has 0 spiro atoms. The molecule has 1 aromatic heterocycles. The Bertz CT molecular complexity index is 481. The second-order valence-corrected chi connectivity index (χ2v) is 6.20. The van der Waals surface area contributed by atoms with Crippen molar-refractivity contribution in [3.63, 3.8) is 0 Å². The van der Waals surface area contributed by atoms with Crippen LogP contribution in [-0.2, 0) is 11.3 Å². The summed E-state index contributed by atoms with van der Waals surface area (Å²) in [5.74, 6) is -0.823. The van der Waals surface area contributed by atoms with Crippen molar-refractivity contribution in [1.82, 2.24) is 15.1 Å². The van der Waals surface area contributed by atoms with E-state index in [1.54, 1.807) is 16.2 Å². The van der Waals surface area contributed by atoms with Crippen molar-refractivity contribution in [2.45, 2.75) is 13.5 Å². The molecule has 2 amide bonds. The van der Waals surface area contributed by atoms with Gasteiger partial charge in [-0.3, -0.25) is 9.69 Å². The smallest absolute Gasteiger partial charge is 0.317 e. The predicted octanol–water partition coefficient (Wildman–Crippen LogP) is 0.968. The fourth-order valence-corrected chi connectivity index (χ4v) is 2.99. The molecule has 0 aliphatic carbocycles. The number of carboxylic acids is 1. The number of hydrogen-bond donors (Lipinski definition) is 2. The summed E-state index contributed by atoms with van der Waals surface area (Å²) >= 11 is 1.68. The van der Waals surface area contributed by atoms with Crippen LogP contribution in [0.25, 0.3) is 0 Å². The number of nitrogens with zero attached hydrogens (tertiary/aromatic N) is 2. The predicted molar refractivity (Wildman–Crippen MR) is 76.9 cm³/mol. The first-order chi connectivity index (χ1) is 9.54. The Balaban J connectivity index is 1.73. The molecule has 2 heterocycles. The van der Waals surface area contributed by atoms with Gasteiger partial charge in [0.1, 0.15) is 0 Å². The van der Waals surface area contributed by atoms with Crippen molar-refractivity contribution in [3.8, 4) is 0 Å². The van der Waals surface area contributed by atoms with Crippen molar-refractivity contribution in [2.75, 3.05) is 32.7 Å². The molecule has 1 aromatic rings. The molecule has 1 aliphatic heterocycles. The van der Waals surface area contributed by atoms with Gasteiger partial charge in [-0.25, -0.2) is 4.79 Å². The van der Waals surface area contributed by atoms with Crippen molar-refractivity contribution >= 4 is 23.3 Å². The number of carbonyl (C=O) groups excluding carboxylic acids is 1. The van der Waals surface area contributed by atoms with Crippen molar-refractivity contribution in [1.29, 1.82) is 0 Å². The molecule has 110 valence electrons. The largest absolute Gasteiger partial charge is 0.480 e. The van der Waals surface area contributed by atoms with Gasteiger partial charge in [0.25, 0.3) is 0 Å². The van der Waals surface area contributed by atoms with Gasteiger partial charge in [-0.2, -0.15) is 0 Å². The van der Waals surface area contributed by atoms with Crippen LogP contribution in [0.4, 0.5) is 4.79 Å². The number of urea groups is 1. The summed E-state index contributed by atoms with van der Waals surface area (Å²) in [7, 11) is 0. The number of carboxylic acid groups (broad SMARTS) is 1. The molecule has 6 nitrogen and oxygen atoms in total. The Kier molecular flexibility index (Phi) is 4.97. The molecule has 0 saturated carbocycles. The number of aryl methyl sites for hydroxylation is 1. The molecular formula is C13H19N3O3S. The van der Waals surface area contributed by atoms with Crippen LogP contribution in [0.1, 0.15) is 9.75 Å². The number of aliphatic carboxylic acids is 1. The molecule has 0 radical (unpaired) electrons. The minimum absolute atomic E-state index is 0.0456. The maximum absolute atomic E-state index is 12.0. The first kappa shape index (κ1) is 14.8. The highest BCUT2D eigenvalue weighted by Gasteiger charge is 2.21. The van der Waals surface area contributed by atoms with Gasteiger partial charge in [-0.05, 0) is 19.1 Å². The summed E-state index contributed by atoms with van der Waals surface area (Å²) < 4.78 is 0. The van der Waals surface area contributed by atoms with Gasteiger partial charge in [0.2, 0.25) is 0 Å². The van der Waals surface area contributed by atoms with Crippen LogP contribution in [0.2, 0.25) is 0 Å². The Morgan fingerprint density at radius 2 is 2.00 bits per heavy atom. The average molecular weight is 297 g/mol. The molecule has 20 heavy (non-hydrogen) atoms. The van der Waals surface area contributed by atoms with Gasteiger partial charge in [0.15, 0.2) is 0 Å². The van der Waals surface area contributed by atoms with Crippen molar-refractivity contribution in [2.24, 2.45) is 0 Å². The van der Waals surface area contributed by atoms with E-state index in [9.17, 15) is 9.59 Å². The standard InChI is InChI=1S/C13H19N3O3S/c1-10-2-3-11(20-10)8-14-13(19)16-6-4-15(5-7-16)9-12(17)18/h2-3H,4-9H2,1H3,(H,14,19)(H,17,18). The zero-order chi connectivity index (χ0) is 14.5. The van der Waals surface area contributed by atoms with Gasteiger partial charge < -0.3 is 15.3 Å². The van der Waals surface area contributed by atoms with E-state index in [1.165, 1.54) is 4.88 Å². The van der Waals surface area contributed by atoms with Crippen LogP contribution in [0.3, 0.4) is 0 Å². The highest BCUT2D eigenvalue weighted by atomic mass is 32.1. The first-order valence-electron chi connectivity index (χ1n) is 6.57. The lowest BCUT2D eigenvalue weighted by Crippen LogP contribution is -2.52. The summed E-state index contributed by atoms with van der Waals surface area (Å²) in [6.07, 6.45) is 0. The van der Waals surface area contributed by atoms with Gasteiger partial charge in [-0.15, -0.1) is 11.3 Å². The molecule has 0 atom stereocenters. The third-order valence-corrected chi connectivity index (χ3v) is 4.23. The number of thiophene rings is 1. The van der Waals surface area contributed by atoms with Crippen LogP contribution in [0.15, 0.2) is 12.1 Å². The monoisotopic (exact) mass is 297 g/mol. The minimum atomic E-state index is -0.823. The van der Waals surface area contributed by atoms with Crippen LogP contribution in [0, 0.1) is 6.92 Å². The molecule has 1 fully saturated rings. The summed E-state index contributed by atoms with van der Waals surface area (Å²) in [6.45, 7) is 5.00. The second-order valence-electron chi connectivity index (χ2n) is 4.83. The van der Waals surface area contributed by atoms with Gasteiger partial charge in [0.05, 0.1) is 13.1 Å². The fourth-order valence-electron chi connectivity index (χ4n) is 2.16. The molecule has 0 aromatic carbocycles. The van der Waals surface area contributed by atoms with Crippen LogP contribution in [0.5, 0.6) is 0 Å². The third-order valence-electron chi connectivity index (χ3n) is 3.23. The van der Waals surface area contributed by atoms with Gasteiger partial charge >= 0.3 is 12.0 Å². The lowest BCUT2D eigenvalue weighted by molar-refractivity contribution is -0.138. The lowest BCUT2D eigenvalue weighted by atomic mass is 10.3. The third kappa shape index (κ3) is 4.21. The van der Waals surface area contributed by atoms with Crippen LogP contribution >= 0.6 is 11.3 Å². The topological polar surface area (TPSA) is 72.9 Å². The summed E-state index contributed by atoms with van der Waals surface area (Å²) in [4.78, 5) is 28.6. The zero-order valence-corrected chi connectivity index (χ0v) is 12.3.